The van der Waals surface area contributed by atoms with Crippen LogP contribution < -0.4 is 4.74 Å². The predicted molar refractivity (Wildman–Crippen MR) is 106 cm³/mol. The molecular formula is C22H25N3O2. The van der Waals surface area contributed by atoms with Crippen LogP contribution in [-0.4, -0.2) is 34.5 Å². The first kappa shape index (κ1) is 17.6. The lowest BCUT2D eigenvalue weighted by Gasteiger charge is -2.28. The first-order valence-corrected chi connectivity index (χ1v) is 9.45. The molecule has 0 radical (unpaired) electrons. The largest absolute Gasteiger partial charge is 0.483 e. The van der Waals surface area contributed by atoms with E-state index >= 15 is 0 Å². The van der Waals surface area contributed by atoms with Gasteiger partial charge in [-0.2, -0.15) is 0 Å². The molecule has 1 unspecified atom stereocenters. The van der Waals surface area contributed by atoms with E-state index in [-0.39, 0.29) is 12.0 Å². The summed E-state index contributed by atoms with van der Waals surface area (Å²) in [6.45, 7) is 2.09. The van der Waals surface area contributed by atoms with Crippen molar-refractivity contribution in [1.82, 2.24) is 14.5 Å². The van der Waals surface area contributed by atoms with E-state index in [1.807, 2.05) is 31.3 Å². The third-order valence-electron chi connectivity index (χ3n) is 5.37. The van der Waals surface area contributed by atoms with Gasteiger partial charge in [0.25, 0.3) is 5.91 Å². The van der Waals surface area contributed by atoms with Crippen molar-refractivity contribution in [3.63, 3.8) is 0 Å². The Labute approximate surface area is 159 Å². The van der Waals surface area contributed by atoms with Gasteiger partial charge in [-0.1, -0.05) is 37.3 Å². The SMILES string of the molecule is CCc1nc2c3c(c(C(=O)N(C)C)cc2n1C)CCC(c1ccccc1)O3. The Morgan fingerprint density at radius 1 is 1.30 bits per heavy atom. The summed E-state index contributed by atoms with van der Waals surface area (Å²) in [5, 5.41) is 0. The van der Waals surface area contributed by atoms with Crippen molar-refractivity contribution in [2.45, 2.75) is 32.3 Å². The molecule has 5 nitrogen and oxygen atoms in total. The minimum Gasteiger partial charge on any atom is -0.483 e. The standard InChI is InChI=1S/C22H25N3O2/c1-5-19-23-20-17(25(19)4)13-16(22(26)24(2)3)15-11-12-18(27-21(15)20)14-9-7-6-8-10-14/h6-10,13,18H,5,11-12H2,1-4H3. The second-order valence-electron chi connectivity index (χ2n) is 7.30. The third kappa shape index (κ3) is 2.87. The van der Waals surface area contributed by atoms with E-state index in [0.29, 0.717) is 0 Å². The van der Waals surface area contributed by atoms with Crippen molar-refractivity contribution in [2.24, 2.45) is 7.05 Å². The molecule has 0 bridgehead atoms. The van der Waals surface area contributed by atoms with E-state index < -0.39 is 0 Å². The number of aromatic nitrogens is 2. The molecule has 5 heteroatoms. The van der Waals surface area contributed by atoms with E-state index in [0.717, 1.165) is 58.6 Å². The number of carbonyl (C=O) groups is 1. The van der Waals surface area contributed by atoms with Gasteiger partial charge in [0.05, 0.1) is 5.52 Å². The van der Waals surface area contributed by atoms with Crippen molar-refractivity contribution in [3.05, 3.63) is 58.9 Å². The zero-order valence-electron chi connectivity index (χ0n) is 16.3. The van der Waals surface area contributed by atoms with Crippen LogP contribution in [0.5, 0.6) is 5.75 Å². The zero-order chi connectivity index (χ0) is 19.1. The fraction of sp³-hybridized carbons (Fsp3) is 0.364. The van der Waals surface area contributed by atoms with Crippen molar-refractivity contribution < 1.29 is 9.53 Å². The van der Waals surface area contributed by atoms with E-state index in [1.165, 1.54) is 0 Å². The molecule has 0 N–H and O–H groups in total. The van der Waals surface area contributed by atoms with Crippen molar-refractivity contribution in [2.75, 3.05) is 14.1 Å². The predicted octanol–water partition coefficient (Wildman–Crippen LogP) is 3.90. The van der Waals surface area contributed by atoms with Crippen LogP contribution in [0.15, 0.2) is 36.4 Å². The third-order valence-corrected chi connectivity index (χ3v) is 5.37. The van der Waals surface area contributed by atoms with Gasteiger partial charge in [-0.3, -0.25) is 4.79 Å². The Kier molecular flexibility index (Phi) is 4.38. The quantitative estimate of drug-likeness (QED) is 0.709. The molecule has 2 aromatic carbocycles. The molecule has 0 saturated carbocycles. The molecule has 4 rings (SSSR count). The highest BCUT2D eigenvalue weighted by molar-refractivity contribution is 6.01. The number of hydrogen-bond donors (Lipinski definition) is 0. The van der Waals surface area contributed by atoms with E-state index in [2.05, 4.69) is 23.6 Å². The van der Waals surface area contributed by atoms with Gasteiger partial charge >= 0.3 is 0 Å². The maximum absolute atomic E-state index is 12.8. The van der Waals surface area contributed by atoms with Gasteiger partial charge in [0.15, 0.2) is 5.75 Å². The summed E-state index contributed by atoms with van der Waals surface area (Å²) in [6, 6.07) is 12.3. The molecule has 140 valence electrons. The molecule has 1 amide bonds. The van der Waals surface area contributed by atoms with Gasteiger partial charge in [-0.25, -0.2) is 4.98 Å². The number of imidazole rings is 1. The number of carbonyl (C=O) groups excluding carboxylic acids is 1. The average Bonchev–Trinajstić information content (AvgIpc) is 3.03. The van der Waals surface area contributed by atoms with Crippen molar-refractivity contribution in [1.29, 1.82) is 0 Å². The Morgan fingerprint density at radius 3 is 2.70 bits per heavy atom. The molecule has 1 atom stereocenters. The lowest BCUT2D eigenvalue weighted by Crippen LogP contribution is -2.25. The number of fused-ring (bicyclic) bond motifs is 3. The van der Waals surface area contributed by atoms with Crippen molar-refractivity contribution in [3.8, 4) is 5.75 Å². The monoisotopic (exact) mass is 363 g/mol. The van der Waals surface area contributed by atoms with Crippen LogP contribution in [0.25, 0.3) is 11.0 Å². The molecule has 1 aromatic heterocycles. The Hall–Kier alpha value is -2.82. The Bertz CT molecular complexity index is 1010. The minimum atomic E-state index is -0.0151. The highest BCUT2D eigenvalue weighted by Crippen LogP contribution is 2.42. The van der Waals surface area contributed by atoms with Crippen LogP contribution in [0.2, 0.25) is 0 Å². The van der Waals surface area contributed by atoms with Gasteiger partial charge in [-0.05, 0) is 24.5 Å². The number of amides is 1. The molecule has 2 heterocycles. The Balaban J connectivity index is 1.91. The van der Waals surface area contributed by atoms with E-state index in [9.17, 15) is 4.79 Å². The normalized spacial score (nSPS) is 16.1. The van der Waals surface area contributed by atoms with Crippen LogP contribution in [0.4, 0.5) is 0 Å². The summed E-state index contributed by atoms with van der Waals surface area (Å²) in [5.41, 5.74) is 4.67. The van der Waals surface area contributed by atoms with Crippen LogP contribution in [0.3, 0.4) is 0 Å². The van der Waals surface area contributed by atoms with E-state index in [1.54, 1.807) is 19.0 Å². The van der Waals surface area contributed by atoms with Crippen LogP contribution >= 0.6 is 0 Å². The van der Waals surface area contributed by atoms with Crippen LogP contribution in [0, 0.1) is 0 Å². The van der Waals surface area contributed by atoms with Gasteiger partial charge < -0.3 is 14.2 Å². The highest BCUT2D eigenvalue weighted by Gasteiger charge is 2.30. The fourth-order valence-corrected chi connectivity index (χ4v) is 3.88. The molecule has 0 spiro atoms. The number of hydrogen-bond acceptors (Lipinski definition) is 3. The van der Waals surface area contributed by atoms with Crippen LogP contribution in [-0.2, 0) is 19.9 Å². The number of benzene rings is 2. The topological polar surface area (TPSA) is 47.4 Å². The molecule has 3 aromatic rings. The summed E-state index contributed by atoms with van der Waals surface area (Å²) >= 11 is 0. The maximum Gasteiger partial charge on any atom is 0.253 e. The van der Waals surface area contributed by atoms with Gasteiger partial charge in [-0.15, -0.1) is 0 Å². The summed E-state index contributed by atoms with van der Waals surface area (Å²) in [4.78, 5) is 19.3. The second kappa shape index (κ2) is 6.72. The summed E-state index contributed by atoms with van der Waals surface area (Å²) in [5.74, 6) is 1.77. The first-order chi connectivity index (χ1) is 13.0. The number of aryl methyl sites for hydroxylation is 2. The molecule has 1 aliphatic heterocycles. The zero-order valence-corrected chi connectivity index (χ0v) is 16.3. The molecule has 1 aliphatic rings. The minimum absolute atomic E-state index is 0.00848. The smallest absolute Gasteiger partial charge is 0.253 e. The number of nitrogens with zero attached hydrogens (tertiary/aromatic N) is 3. The summed E-state index contributed by atoms with van der Waals surface area (Å²) in [6.07, 6.45) is 2.47. The van der Waals surface area contributed by atoms with Gasteiger partial charge in [0.1, 0.15) is 17.4 Å². The second-order valence-corrected chi connectivity index (χ2v) is 7.30. The number of ether oxygens (including phenoxy) is 1. The number of rotatable bonds is 3. The summed E-state index contributed by atoms with van der Waals surface area (Å²) < 4.78 is 8.54. The van der Waals surface area contributed by atoms with Crippen LogP contribution in [0.1, 0.15) is 46.8 Å². The Morgan fingerprint density at radius 2 is 2.04 bits per heavy atom. The molecular weight excluding hydrogens is 338 g/mol. The maximum atomic E-state index is 12.8. The first-order valence-electron chi connectivity index (χ1n) is 9.45. The lowest BCUT2D eigenvalue weighted by molar-refractivity contribution is 0.0823. The summed E-state index contributed by atoms with van der Waals surface area (Å²) in [7, 11) is 5.58. The van der Waals surface area contributed by atoms with Gasteiger partial charge in [0, 0.05) is 38.7 Å². The lowest BCUT2D eigenvalue weighted by atomic mass is 9.93. The van der Waals surface area contributed by atoms with Gasteiger partial charge in [0.2, 0.25) is 0 Å². The van der Waals surface area contributed by atoms with Crippen molar-refractivity contribution >= 4 is 16.9 Å². The molecule has 0 aliphatic carbocycles. The molecule has 27 heavy (non-hydrogen) atoms. The highest BCUT2D eigenvalue weighted by atomic mass is 16.5. The molecule has 0 saturated heterocycles. The molecule has 0 fully saturated rings. The fourth-order valence-electron chi connectivity index (χ4n) is 3.88. The average molecular weight is 363 g/mol. The van der Waals surface area contributed by atoms with E-state index in [4.69, 9.17) is 9.72 Å².